The maximum Gasteiger partial charge on any atom is 0.261 e. The van der Waals surface area contributed by atoms with Gasteiger partial charge in [-0.15, -0.1) is 0 Å². The lowest BCUT2D eigenvalue weighted by atomic mass is 10.0. The number of benzene rings is 1. The Hall–Kier alpha value is -2.30. The van der Waals surface area contributed by atoms with Crippen LogP contribution in [0.25, 0.3) is 0 Å². The number of amides is 1. The van der Waals surface area contributed by atoms with Crippen molar-refractivity contribution < 1.29 is 4.79 Å². The summed E-state index contributed by atoms with van der Waals surface area (Å²) in [5.74, 6) is -0.0190. The molecule has 0 bridgehead atoms. The number of carbonyl (C=O) groups excluding carboxylic acids is 1. The third kappa shape index (κ3) is 1.73. The molecule has 1 aliphatic heterocycles. The highest BCUT2D eigenvalue weighted by molar-refractivity contribution is 6.06. The van der Waals surface area contributed by atoms with Crippen LogP contribution in [0, 0.1) is 0 Å². The number of aryl methyl sites for hydroxylation is 1. The van der Waals surface area contributed by atoms with Gasteiger partial charge in [0.05, 0.1) is 11.8 Å². The molecule has 3 N–H and O–H groups in total. The average Bonchev–Trinajstić information content (AvgIpc) is 2.90. The Morgan fingerprint density at radius 2 is 2.33 bits per heavy atom. The molecule has 0 saturated heterocycles. The van der Waals surface area contributed by atoms with E-state index in [1.54, 1.807) is 17.3 Å². The van der Waals surface area contributed by atoms with Gasteiger partial charge >= 0.3 is 0 Å². The molecule has 2 aromatic rings. The summed E-state index contributed by atoms with van der Waals surface area (Å²) in [5.41, 5.74) is 9.20. The van der Waals surface area contributed by atoms with Crippen LogP contribution in [-0.4, -0.2) is 22.6 Å². The molecule has 1 aromatic heterocycles. The third-order valence-electron chi connectivity index (χ3n) is 3.21. The summed E-state index contributed by atoms with van der Waals surface area (Å²) in [5, 5.41) is 6.48. The lowest BCUT2D eigenvalue weighted by molar-refractivity contribution is 0.0985. The summed E-state index contributed by atoms with van der Waals surface area (Å²) < 4.78 is 0. The van der Waals surface area contributed by atoms with Crippen LogP contribution in [0.3, 0.4) is 0 Å². The quantitative estimate of drug-likeness (QED) is 0.745. The highest BCUT2D eigenvalue weighted by Gasteiger charge is 2.23. The molecule has 3 rings (SSSR count). The van der Waals surface area contributed by atoms with Crippen LogP contribution in [-0.2, 0) is 6.42 Å². The molecule has 0 fully saturated rings. The van der Waals surface area contributed by atoms with Gasteiger partial charge in [0, 0.05) is 24.1 Å². The fourth-order valence-electron chi connectivity index (χ4n) is 2.35. The van der Waals surface area contributed by atoms with E-state index in [0.29, 0.717) is 5.56 Å². The van der Waals surface area contributed by atoms with Crippen molar-refractivity contribution in [3.05, 3.63) is 41.7 Å². The van der Waals surface area contributed by atoms with E-state index in [9.17, 15) is 4.79 Å². The first-order valence-corrected chi connectivity index (χ1v) is 5.95. The number of nitrogens with two attached hydrogens (primary N) is 1. The van der Waals surface area contributed by atoms with Crippen LogP contribution in [0.5, 0.6) is 0 Å². The lowest BCUT2D eigenvalue weighted by Gasteiger charge is -2.29. The normalized spacial score (nSPS) is 14.3. The fourth-order valence-corrected chi connectivity index (χ4v) is 2.35. The first-order chi connectivity index (χ1) is 8.75. The van der Waals surface area contributed by atoms with Crippen LogP contribution in [0.1, 0.15) is 22.3 Å². The van der Waals surface area contributed by atoms with Gasteiger partial charge in [-0.1, -0.05) is 0 Å². The number of H-pyrrole nitrogens is 1. The number of aromatic amines is 1. The number of rotatable bonds is 1. The van der Waals surface area contributed by atoms with Gasteiger partial charge in [-0.05, 0) is 36.6 Å². The van der Waals surface area contributed by atoms with Gasteiger partial charge in [-0.2, -0.15) is 5.10 Å². The van der Waals surface area contributed by atoms with Crippen molar-refractivity contribution in [2.24, 2.45) is 0 Å². The zero-order chi connectivity index (χ0) is 12.5. The second kappa shape index (κ2) is 4.18. The second-order valence-corrected chi connectivity index (χ2v) is 4.44. The summed E-state index contributed by atoms with van der Waals surface area (Å²) >= 11 is 0. The summed E-state index contributed by atoms with van der Waals surface area (Å²) in [4.78, 5) is 14.1. The van der Waals surface area contributed by atoms with E-state index in [1.165, 1.54) is 0 Å². The molecule has 2 heterocycles. The van der Waals surface area contributed by atoms with E-state index in [4.69, 9.17) is 5.73 Å². The Morgan fingerprint density at radius 3 is 3.11 bits per heavy atom. The Balaban J connectivity index is 1.99. The van der Waals surface area contributed by atoms with Crippen molar-refractivity contribution in [2.75, 3.05) is 17.2 Å². The van der Waals surface area contributed by atoms with Crippen molar-refractivity contribution >= 4 is 17.3 Å². The molecule has 0 aliphatic carbocycles. The predicted octanol–water partition coefficient (Wildman–Crippen LogP) is 1.58. The largest absolute Gasteiger partial charge is 0.399 e. The number of aromatic nitrogens is 2. The molecule has 5 heteroatoms. The Kier molecular flexibility index (Phi) is 2.51. The predicted molar refractivity (Wildman–Crippen MR) is 69.4 cm³/mol. The van der Waals surface area contributed by atoms with E-state index in [2.05, 4.69) is 10.2 Å². The van der Waals surface area contributed by atoms with Crippen LogP contribution >= 0.6 is 0 Å². The van der Waals surface area contributed by atoms with Gasteiger partial charge in [0.2, 0.25) is 0 Å². The van der Waals surface area contributed by atoms with Crippen molar-refractivity contribution in [2.45, 2.75) is 12.8 Å². The minimum atomic E-state index is -0.0190. The third-order valence-corrected chi connectivity index (χ3v) is 3.21. The maximum absolute atomic E-state index is 12.3. The molecule has 0 atom stereocenters. The fraction of sp³-hybridized carbons (Fsp3) is 0.231. The number of hydrogen-bond donors (Lipinski definition) is 2. The van der Waals surface area contributed by atoms with Crippen LogP contribution in [0.4, 0.5) is 11.4 Å². The average molecular weight is 242 g/mol. The van der Waals surface area contributed by atoms with Gasteiger partial charge in [0.15, 0.2) is 0 Å². The molecule has 0 spiro atoms. The Bertz CT molecular complexity index is 577. The molecule has 0 radical (unpaired) electrons. The van der Waals surface area contributed by atoms with E-state index in [-0.39, 0.29) is 5.91 Å². The number of hydrogen-bond acceptors (Lipinski definition) is 3. The zero-order valence-corrected chi connectivity index (χ0v) is 9.89. The van der Waals surface area contributed by atoms with Crippen molar-refractivity contribution in [3.8, 4) is 0 Å². The first kappa shape index (κ1) is 10.8. The second-order valence-electron chi connectivity index (χ2n) is 4.44. The highest BCUT2D eigenvalue weighted by Crippen LogP contribution is 2.29. The molecule has 0 saturated carbocycles. The summed E-state index contributed by atoms with van der Waals surface area (Å²) in [7, 11) is 0. The maximum atomic E-state index is 12.3. The molecule has 1 amide bonds. The minimum absolute atomic E-state index is 0.0190. The van der Waals surface area contributed by atoms with E-state index in [1.807, 2.05) is 18.2 Å². The van der Waals surface area contributed by atoms with Crippen molar-refractivity contribution in [1.82, 2.24) is 10.2 Å². The molecule has 18 heavy (non-hydrogen) atoms. The summed E-state index contributed by atoms with van der Waals surface area (Å²) in [6.45, 7) is 0.737. The number of fused-ring (bicyclic) bond motifs is 1. The van der Waals surface area contributed by atoms with E-state index >= 15 is 0 Å². The molecule has 1 aliphatic rings. The molecular formula is C13H14N4O. The molecule has 0 unspecified atom stereocenters. The van der Waals surface area contributed by atoms with Crippen LogP contribution in [0.15, 0.2) is 30.6 Å². The first-order valence-electron chi connectivity index (χ1n) is 5.95. The zero-order valence-electron chi connectivity index (χ0n) is 9.89. The van der Waals surface area contributed by atoms with Gasteiger partial charge in [-0.3, -0.25) is 9.89 Å². The molecule has 92 valence electrons. The van der Waals surface area contributed by atoms with E-state index < -0.39 is 0 Å². The standard InChI is InChI=1S/C13H14N4O/c14-11-3-4-12-9(6-11)2-1-5-17(12)13(18)10-7-15-16-8-10/h3-4,6-8H,1-2,5,14H2,(H,15,16). The van der Waals surface area contributed by atoms with Gasteiger partial charge in [0.1, 0.15) is 0 Å². The summed E-state index contributed by atoms with van der Waals surface area (Å²) in [6, 6.07) is 5.70. The van der Waals surface area contributed by atoms with Crippen molar-refractivity contribution in [1.29, 1.82) is 0 Å². The molecule has 1 aromatic carbocycles. The van der Waals surface area contributed by atoms with Gasteiger partial charge < -0.3 is 10.6 Å². The molecule has 5 nitrogen and oxygen atoms in total. The topological polar surface area (TPSA) is 75.0 Å². The number of carbonyl (C=O) groups is 1. The minimum Gasteiger partial charge on any atom is -0.399 e. The molecular weight excluding hydrogens is 228 g/mol. The summed E-state index contributed by atoms with van der Waals surface area (Å²) in [6.07, 6.45) is 5.09. The number of nitrogens with one attached hydrogen (secondary N) is 1. The Morgan fingerprint density at radius 1 is 1.44 bits per heavy atom. The lowest BCUT2D eigenvalue weighted by Crippen LogP contribution is -2.35. The highest BCUT2D eigenvalue weighted by atomic mass is 16.2. The van der Waals surface area contributed by atoms with Crippen LogP contribution < -0.4 is 10.6 Å². The van der Waals surface area contributed by atoms with Crippen molar-refractivity contribution in [3.63, 3.8) is 0 Å². The SMILES string of the molecule is Nc1ccc2c(c1)CCCN2C(=O)c1cn[nH]c1. The number of nitrogen functional groups attached to an aromatic ring is 1. The monoisotopic (exact) mass is 242 g/mol. The van der Waals surface area contributed by atoms with Gasteiger partial charge in [0.25, 0.3) is 5.91 Å². The van der Waals surface area contributed by atoms with Crippen LogP contribution in [0.2, 0.25) is 0 Å². The van der Waals surface area contributed by atoms with E-state index in [0.717, 1.165) is 36.3 Å². The smallest absolute Gasteiger partial charge is 0.261 e. The van der Waals surface area contributed by atoms with Gasteiger partial charge in [-0.25, -0.2) is 0 Å². The Labute approximate surface area is 105 Å². The number of nitrogens with zero attached hydrogens (tertiary/aromatic N) is 2. The number of anilines is 2.